The maximum atomic E-state index is 11.4. The van der Waals surface area contributed by atoms with Gasteiger partial charge in [-0.25, -0.2) is 4.79 Å². The molecule has 1 aromatic carbocycles. The number of alkyl carbamates (subject to hydrolysis) is 1. The van der Waals surface area contributed by atoms with Crippen LogP contribution in [0.3, 0.4) is 0 Å². The first kappa shape index (κ1) is 14.6. The van der Waals surface area contributed by atoms with E-state index in [4.69, 9.17) is 4.74 Å². The zero-order valence-corrected chi connectivity index (χ0v) is 11.3. The molecule has 0 aliphatic rings. The largest absolute Gasteiger partial charge is 0.445 e. The Balaban J connectivity index is 2.04. The molecule has 1 amide bonds. The molecule has 0 atom stereocenters. The number of hydrogen-bond acceptors (Lipinski definition) is 2. The van der Waals surface area contributed by atoms with Gasteiger partial charge in [-0.05, 0) is 17.9 Å². The summed E-state index contributed by atoms with van der Waals surface area (Å²) in [5.74, 6) is 0.732. The van der Waals surface area contributed by atoms with Crippen molar-refractivity contribution in [3.8, 4) is 0 Å². The fraction of sp³-hybridized carbons (Fsp3) is 0.533. The minimum Gasteiger partial charge on any atom is -0.445 e. The van der Waals surface area contributed by atoms with Crippen LogP contribution >= 0.6 is 0 Å². The van der Waals surface area contributed by atoms with E-state index in [0.717, 1.165) is 24.3 Å². The zero-order chi connectivity index (χ0) is 13.2. The number of rotatable bonds is 7. The van der Waals surface area contributed by atoms with Gasteiger partial charge in [-0.2, -0.15) is 0 Å². The van der Waals surface area contributed by atoms with Crippen LogP contribution in [0, 0.1) is 5.92 Å². The predicted molar refractivity (Wildman–Crippen MR) is 73.3 cm³/mol. The monoisotopic (exact) mass is 249 g/mol. The van der Waals surface area contributed by atoms with Gasteiger partial charge in [0.25, 0.3) is 0 Å². The summed E-state index contributed by atoms with van der Waals surface area (Å²) in [5.41, 5.74) is 1.01. The molecule has 100 valence electrons. The van der Waals surface area contributed by atoms with Gasteiger partial charge in [-0.1, -0.05) is 57.0 Å². The predicted octanol–water partition coefficient (Wildman–Crippen LogP) is 3.74. The lowest BCUT2D eigenvalue weighted by atomic mass is 10.1. The summed E-state index contributed by atoms with van der Waals surface area (Å²) >= 11 is 0. The van der Waals surface area contributed by atoms with Crippen molar-refractivity contribution in [2.24, 2.45) is 5.92 Å². The summed E-state index contributed by atoms with van der Waals surface area (Å²) in [6.45, 7) is 5.45. The van der Waals surface area contributed by atoms with E-state index >= 15 is 0 Å². The molecule has 0 spiro atoms. The molecule has 1 N–H and O–H groups in total. The Morgan fingerprint density at radius 3 is 2.61 bits per heavy atom. The summed E-state index contributed by atoms with van der Waals surface area (Å²) < 4.78 is 5.11. The fourth-order valence-electron chi connectivity index (χ4n) is 1.64. The third-order valence-corrected chi connectivity index (χ3v) is 2.69. The lowest BCUT2D eigenvalue weighted by molar-refractivity contribution is 0.139. The number of carbonyl (C=O) groups is 1. The van der Waals surface area contributed by atoms with Crippen LogP contribution in [-0.2, 0) is 11.3 Å². The van der Waals surface area contributed by atoms with Gasteiger partial charge in [0.1, 0.15) is 6.61 Å². The lowest BCUT2D eigenvalue weighted by Crippen LogP contribution is -2.25. The highest BCUT2D eigenvalue weighted by molar-refractivity contribution is 5.67. The van der Waals surface area contributed by atoms with Crippen LogP contribution < -0.4 is 5.32 Å². The van der Waals surface area contributed by atoms with E-state index in [1.807, 2.05) is 30.3 Å². The number of unbranched alkanes of at least 4 members (excludes halogenated alkanes) is 1. The number of amides is 1. The van der Waals surface area contributed by atoms with Crippen molar-refractivity contribution in [3.05, 3.63) is 35.9 Å². The van der Waals surface area contributed by atoms with Gasteiger partial charge in [0.2, 0.25) is 0 Å². The van der Waals surface area contributed by atoms with Crippen molar-refractivity contribution in [1.82, 2.24) is 5.32 Å². The fourth-order valence-corrected chi connectivity index (χ4v) is 1.64. The quantitative estimate of drug-likeness (QED) is 0.748. The molecule has 0 saturated heterocycles. The van der Waals surface area contributed by atoms with Crippen molar-refractivity contribution in [2.45, 2.75) is 39.7 Å². The summed E-state index contributed by atoms with van der Waals surface area (Å²) in [5, 5.41) is 2.77. The average Bonchev–Trinajstić information content (AvgIpc) is 2.37. The zero-order valence-electron chi connectivity index (χ0n) is 11.3. The molecule has 0 radical (unpaired) electrons. The first-order valence-corrected chi connectivity index (χ1v) is 6.63. The Morgan fingerprint density at radius 1 is 1.22 bits per heavy atom. The van der Waals surface area contributed by atoms with E-state index < -0.39 is 0 Å². The van der Waals surface area contributed by atoms with Crippen molar-refractivity contribution in [1.29, 1.82) is 0 Å². The number of carbonyl (C=O) groups excluding carboxylic acids is 1. The maximum Gasteiger partial charge on any atom is 0.407 e. The van der Waals surface area contributed by atoms with Crippen molar-refractivity contribution in [2.75, 3.05) is 6.54 Å². The van der Waals surface area contributed by atoms with Crippen LogP contribution in [-0.4, -0.2) is 12.6 Å². The molecule has 1 aromatic rings. The highest BCUT2D eigenvalue weighted by atomic mass is 16.5. The second-order valence-electron chi connectivity index (χ2n) is 4.88. The number of hydrogen-bond donors (Lipinski definition) is 1. The number of benzene rings is 1. The molecule has 0 aliphatic carbocycles. The summed E-state index contributed by atoms with van der Waals surface area (Å²) in [7, 11) is 0. The van der Waals surface area contributed by atoms with Gasteiger partial charge < -0.3 is 10.1 Å². The van der Waals surface area contributed by atoms with Gasteiger partial charge in [0, 0.05) is 6.54 Å². The molecule has 0 saturated carbocycles. The van der Waals surface area contributed by atoms with Crippen LogP contribution in [0.15, 0.2) is 30.3 Å². The first-order valence-electron chi connectivity index (χ1n) is 6.63. The molecule has 0 fully saturated rings. The molecule has 0 heterocycles. The second kappa shape index (κ2) is 8.56. The van der Waals surface area contributed by atoms with E-state index in [0.29, 0.717) is 13.2 Å². The van der Waals surface area contributed by atoms with Crippen LogP contribution in [0.25, 0.3) is 0 Å². The van der Waals surface area contributed by atoms with E-state index in [1.165, 1.54) is 6.42 Å². The van der Waals surface area contributed by atoms with Gasteiger partial charge in [0.05, 0.1) is 0 Å². The molecular weight excluding hydrogens is 226 g/mol. The molecule has 18 heavy (non-hydrogen) atoms. The SMILES string of the molecule is CC(C)CCCCNC(=O)OCc1ccccc1. The number of ether oxygens (including phenoxy) is 1. The first-order chi connectivity index (χ1) is 8.68. The Kier molecular flexibility index (Phi) is 6.92. The molecule has 3 nitrogen and oxygen atoms in total. The van der Waals surface area contributed by atoms with Gasteiger partial charge in [-0.15, -0.1) is 0 Å². The van der Waals surface area contributed by atoms with Crippen LogP contribution in [0.2, 0.25) is 0 Å². The molecule has 0 unspecified atom stereocenters. The Bertz CT molecular complexity index is 336. The number of nitrogens with one attached hydrogen (secondary N) is 1. The Hall–Kier alpha value is -1.51. The Morgan fingerprint density at radius 2 is 1.94 bits per heavy atom. The van der Waals surface area contributed by atoms with E-state index in [1.54, 1.807) is 0 Å². The molecular formula is C15H23NO2. The van der Waals surface area contributed by atoms with Crippen molar-refractivity contribution in [3.63, 3.8) is 0 Å². The molecule has 1 rings (SSSR count). The van der Waals surface area contributed by atoms with Crippen LogP contribution in [0.4, 0.5) is 4.79 Å². The van der Waals surface area contributed by atoms with E-state index in [-0.39, 0.29) is 6.09 Å². The second-order valence-corrected chi connectivity index (χ2v) is 4.88. The summed E-state index contributed by atoms with van der Waals surface area (Å²) in [6, 6.07) is 9.69. The summed E-state index contributed by atoms with van der Waals surface area (Å²) in [4.78, 5) is 11.4. The molecule has 0 bridgehead atoms. The van der Waals surface area contributed by atoms with E-state index in [9.17, 15) is 4.79 Å². The molecule has 0 aliphatic heterocycles. The van der Waals surface area contributed by atoms with Crippen LogP contribution in [0.5, 0.6) is 0 Å². The standard InChI is InChI=1S/C15H23NO2/c1-13(2)8-6-7-11-16-15(17)18-12-14-9-4-3-5-10-14/h3-5,9-10,13H,6-8,11-12H2,1-2H3,(H,16,17). The normalized spacial score (nSPS) is 10.4. The highest BCUT2D eigenvalue weighted by Crippen LogP contribution is 2.05. The van der Waals surface area contributed by atoms with Crippen LogP contribution in [0.1, 0.15) is 38.7 Å². The van der Waals surface area contributed by atoms with Crippen molar-refractivity contribution >= 4 is 6.09 Å². The van der Waals surface area contributed by atoms with Crippen molar-refractivity contribution < 1.29 is 9.53 Å². The third-order valence-electron chi connectivity index (χ3n) is 2.69. The smallest absolute Gasteiger partial charge is 0.407 e. The molecule has 0 aromatic heterocycles. The van der Waals surface area contributed by atoms with E-state index in [2.05, 4.69) is 19.2 Å². The Labute approximate surface area is 110 Å². The highest BCUT2D eigenvalue weighted by Gasteiger charge is 2.01. The molecule has 3 heteroatoms. The minimum atomic E-state index is -0.330. The topological polar surface area (TPSA) is 38.3 Å². The van der Waals surface area contributed by atoms with Gasteiger partial charge in [-0.3, -0.25) is 0 Å². The van der Waals surface area contributed by atoms with Gasteiger partial charge in [0.15, 0.2) is 0 Å². The average molecular weight is 249 g/mol. The summed E-state index contributed by atoms with van der Waals surface area (Å²) in [6.07, 6.45) is 3.04. The lowest BCUT2D eigenvalue weighted by Gasteiger charge is -2.07. The minimum absolute atomic E-state index is 0.330. The van der Waals surface area contributed by atoms with Gasteiger partial charge >= 0.3 is 6.09 Å². The maximum absolute atomic E-state index is 11.4. The third kappa shape index (κ3) is 6.94.